The molecule has 6 rings (SSSR count). The minimum atomic E-state index is 0.0753. The third-order valence-corrected chi connectivity index (χ3v) is 9.08. The quantitative estimate of drug-likeness (QED) is 0.621. The van der Waals surface area contributed by atoms with E-state index in [0.29, 0.717) is 11.2 Å². The summed E-state index contributed by atoms with van der Waals surface area (Å²) in [7, 11) is 0. The molecule has 5 aliphatic carbocycles. The van der Waals surface area contributed by atoms with E-state index in [-0.39, 0.29) is 5.60 Å². The second kappa shape index (κ2) is 4.44. The Hall–Kier alpha value is -0.890. The largest absolute Gasteiger partial charge is 0.366 e. The average molecular weight is 324 g/mol. The van der Waals surface area contributed by atoms with Crippen LogP contribution in [0.5, 0.6) is 0 Å². The van der Waals surface area contributed by atoms with Gasteiger partial charge in [0.1, 0.15) is 0 Å². The molecule has 0 aromatic heterocycles. The third kappa shape index (κ3) is 1.51. The van der Waals surface area contributed by atoms with Crippen molar-refractivity contribution in [2.45, 2.75) is 57.5 Å². The molecule has 0 radical (unpaired) electrons. The van der Waals surface area contributed by atoms with Gasteiger partial charge in [-0.1, -0.05) is 24.6 Å². The molecule has 4 saturated carbocycles. The lowest BCUT2D eigenvalue weighted by atomic mass is 9.49. The molecule has 0 saturated heterocycles. The molecule has 6 aliphatic rings. The summed E-state index contributed by atoms with van der Waals surface area (Å²) in [6, 6.07) is 0. The van der Waals surface area contributed by atoms with E-state index in [1.807, 2.05) is 6.08 Å². The molecule has 128 valence electrons. The van der Waals surface area contributed by atoms with Crippen molar-refractivity contribution in [3.05, 3.63) is 23.8 Å². The van der Waals surface area contributed by atoms with Gasteiger partial charge in [-0.3, -0.25) is 4.79 Å². The van der Waals surface area contributed by atoms with Gasteiger partial charge in [-0.05, 0) is 80.1 Å². The predicted molar refractivity (Wildman–Crippen MR) is 92.3 cm³/mol. The first-order chi connectivity index (χ1) is 11.6. The van der Waals surface area contributed by atoms with Crippen molar-refractivity contribution in [2.24, 2.45) is 40.9 Å². The summed E-state index contributed by atoms with van der Waals surface area (Å²) in [5, 5.41) is 0. The minimum Gasteiger partial charge on any atom is -0.366 e. The fourth-order valence-electron chi connectivity index (χ4n) is 8.25. The Morgan fingerprint density at radius 2 is 2.04 bits per heavy atom. The molecule has 24 heavy (non-hydrogen) atoms. The molecule has 4 fully saturated rings. The Bertz CT molecular complexity index is 675. The van der Waals surface area contributed by atoms with Crippen LogP contribution in [0.15, 0.2) is 23.8 Å². The van der Waals surface area contributed by atoms with Gasteiger partial charge in [-0.2, -0.15) is 0 Å². The summed E-state index contributed by atoms with van der Waals surface area (Å²) >= 11 is 0. The van der Waals surface area contributed by atoms with Gasteiger partial charge in [-0.25, -0.2) is 0 Å². The third-order valence-electron chi connectivity index (χ3n) is 9.08. The summed E-state index contributed by atoms with van der Waals surface area (Å²) in [4.78, 5) is 11.8. The lowest BCUT2D eigenvalue weighted by molar-refractivity contribution is -0.132. The first kappa shape index (κ1) is 14.3. The molecule has 0 unspecified atom stereocenters. The molecule has 0 N–H and O–H groups in total. The molecule has 0 aromatic rings. The van der Waals surface area contributed by atoms with Gasteiger partial charge in [0.15, 0.2) is 5.78 Å². The van der Waals surface area contributed by atoms with Gasteiger partial charge in [-0.15, -0.1) is 0 Å². The molecule has 2 nitrogen and oxygen atoms in total. The molecular weight excluding hydrogens is 296 g/mol. The Balaban J connectivity index is 1.38. The Morgan fingerprint density at radius 3 is 2.88 bits per heavy atom. The normalized spacial score (nSPS) is 57.2. The highest BCUT2D eigenvalue weighted by Crippen LogP contribution is 2.77. The fraction of sp³-hybridized carbons (Fsp3) is 0.773. The van der Waals surface area contributed by atoms with E-state index in [1.54, 1.807) is 0 Å². The lowest BCUT2D eigenvalue weighted by Gasteiger charge is -2.57. The molecule has 0 bridgehead atoms. The van der Waals surface area contributed by atoms with Crippen molar-refractivity contribution in [3.63, 3.8) is 0 Å². The van der Waals surface area contributed by atoms with Crippen LogP contribution in [-0.4, -0.2) is 18.0 Å². The van der Waals surface area contributed by atoms with E-state index in [4.69, 9.17) is 4.74 Å². The van der Waals surface area contributed by atoms with E-state index in [9.17, 15) is 4.79 Å². The molecule has 0 aromatic carbocycles. The van der Waals surface area contributed by atoms with Crippen molar-refractivity contribution in [2.75, 3.05) is 6.61 Å². The van der Waals surface area contributed by atoms with E-state index < -0.39 is 0 Å². The smallest absolute Gasteiger partial charge is 0.155 e. The second-order valence-electron chi connectivity index (χ2n) is 9.69. The van der Waals surface area contributed by atoms with Crippen LogP contribution in [0, 0.1) is 40.9 Å². The summed E-state index contributed by atoms with van der Waals surface area (Å²) in [6.07, 6.45) is 15.3. The number of ether oxygens (including phenoxy) is 1. The van der Waals surface area contributed by atoms with Crippen LogP contribution < -0.4 is 0 Å². The van der Waals surface area contributed by atoms with E-state index in [0.717, 1.165) is 55.0 Å². The highest BCUT2D eigenvalue weighted by atomic mass is 16.5. The number of carbonyl (C=O) groups is 1. The molecule has 1 spiro atoms. The van der Waals surface area contributed by atoms with Crippen molar-refractivity contribution < 1.29 is 9.53 Å². The maximum absolute atomic E-state index is 11.8. The zero-order valence-corrected chi connectivity index (χ0v) is 14.7. The number of hydrogen-bond acceptors (Lipinski definition) is 2. The number of ketones is 1. The van der Waals surface area contributed by atoms with Crippen molar-refractivity contribution in [1.82, 2.24) is 0 Å². The monoisotopic (exact) mass is 324 g/mol. The van der Waals surface area contributed by atoms with Crippen LogP contribution in [0.2, 0.25) is 0 Å². The van der Waals surface area contributed by atoms with Gasteiger partial charge in [0.2, 0.25) is 0 Å². The predicted octanol–water partition coefficient (Wildman–Crippen LogP) is 4.31. The van der Waals surface area contributed by atoms with Gasteiger partial charge < -0.3 is 4.74 Å². The lowest BCUT2D eigenvalue weighted by Crippen LogP contribution is -2.54. The molecule has 1 heterocycles. The summed E-state index contributed by atoms with van der Waals surface area (Å²) in [6.45, 7) is 3.39. The van der Waals surface area contributed by atoms with Crippen LogP contribution in [0.1, 0.15) is 51.9 Å². The SMILES string of the molecule is C[C@]12CC[C@H]3[C@@H](CCC4=CC(=O)CC[C@@H]43)[C@@H]1[C@@H]1C[C@@H]1[C@@]21C=CCO1. The number of carbonyl (C=O) groups excluding carboxylic acids is 1. The molecule has 0 amide bonds. The average Bonchev–Trinajstić information content (AvgIpc) is 3.13. The number of allylic oxidation sites excluding steroid dienone is 1. The van der Waals surface area contributed by atoms with Gasteiger partial charge >= 0.3 is 0 Å². The molecule has 8 atom stereocenters. The zero-order valence-electron chi connectivity index (χ0n) is 14.7. The van der Waals surface area contributed by atoms with Gasteiger partial charge in [0, 0.05) is 11.8 Å². The van der Waals surface area contributed by atoms with Gasteiger partial charge in [0.05, 0.1) is 12.2 Å². The van der Waals surface area contributed by atoms with Crippen molar-refractivity contribution in [3.8, 4) is 0 Å². The summed E-state index contributed by atoms with van der Waals surface area (Å²) in [5.74, 6) is 5.41. The Morgan fingerprint density at radius 1 is 1.12 bits per heavy atom. The zero-order chi connectivity index (χ0) is 16.1. The molecular formula is C22H28O2. The Kier molecular flexibility index (Phi) is 2.64. The van der Waals surface area contributed by atoms with Crippen molar-refractivity contribution >= 4 is 5.78 Å². The van der Waals surface area contributed by atoms with E-state index in [2.05, 4.69) is 19.1 Å². The molecule has 2 heteroatoms. The van der Waals surface area contributed by atoms with Gasteiger partial charge in [0.25, 0.3) is 0 Å². The highest BCUT2D eigenvalue weighted by Gasteiger charge is 2.76. The minimum absolute atomic E-state index is 0.0753. The van der Waals surface area contributed by atoms with Crippen LogP contribution in [0.25, 0.3) is 0 Å². The first-order valence-electron chi connectivity index (χ1n) is 10.2. The standard InChI is InChI=1S/C22H28O2/c1-21-9-7-16-15-6-4-14(23)11-13(15)3-5-17(16)20(21)18-12-19(18)22(21)8-2-10-24-22/h2,8,11,15-20H,3-7,9-10,12H2,1H3/t15-,16+,17+,18+,19-,20+,21-,22-/m0/s1. The maximum atomic E-state index is 11.8. The first-order valence-corrected chi connectivity index (χ1v) is 10.2. The number of hydrogen-bond donors (Lipinski definition) is 0. The summed E-state index contributed by atoms with van der Waals surface area (Å²) < 4.78 is 6.46. The summed E-state index contributed by atoms with van der Waals surface area (Å²) in [5.41, 5.74) is 1.94. The van der Waals surface area contributed by atoms with Crippen LogP contribution in [0.4, 0.5) is 0 Å². The van der Waals surface area contributed by atoms with Crippen LogP contribution in [-0.2, 0) is 9.53 Å². The highest BCUT2D eigenvalue weighted by molar-refractivity contribution is 5.91. The number of fused-ring (bicyclic) bond motifs is 9. The van der Waals surface area contributed by atoms with Crippen LogP contribution in [0.3, 0.4) is 0 Å². The van der Waals surface area contributed by atoms with E-state index >= 15 is 0 Å². The van der Waals surface area contributed by atoms with E-state index in [1.165, 1.54) is 37.7 Å². The fourth-order valence-corrected chi connectivity index (χ4v) is 8.25. The van der Waals surface area contributed by atoms with Crippen LogP contribution >= 0.6 is 0 Å². The topological polar surface area (TPSA) is 26.3 Å². The number of rotatable bonds is 0. The maximum Gasteiger partial charge on any atom is 0.155 e. The van der Waals surface area contributed by atoms with Crippen molar-refractivity contribution in [1.29, 1.82) is 0 Å². The molecule has 1 aliphatic heterocycles. The second-order valence-corrected chi connectivity index (χ2v) is 9.69. The Labute approximate surface area is 144 Å².